The Hall–Kier alpha value is 0.892. The molecule has 2 fully saturated rings. The molecule has 5 heteroatoms. The minimum absolute atomic E-state index is 0. The van der Waals surface area contributed by atoms with Crippen LogP contribution in [0.2, 0.25) is 0 Å². The first-order chi connectivity index (χ1) is 6.24. The number of aliphatic hydroxyl groups excluding tert-OH is 1. The molecular formula is C9H15O4U-. The van der Waals surface area contributed by atoms with Gasteiger partial charge in [-0.3, -0.25) is 0 Å². The van der Waals surface area contributed by atoms with Crippen molar-refractivity contribution in [3.8, 4) is 0 Å². The quantitative estimate of drug-likeness (QED) is 0.653. The predicted molar refractivity (Wildman–Crippen MR) is 45.0 cm³/mol. The molecule has 2 aliphatic heterocycles. The third-order valence-corrected chi connectivity index (χ3v) is 2.97. The first kappa shape index (κ1) is 13.0. The fraction of sp³-hybridized carbons (Fsp3) is 0.889. The van der Waals surface area contributed by atoms with Crippen molar-refractivity contribution in [3.05, 3.63) is 6.61 Å². The van der Waals surface area contributed by atoms with Gasteiger partial charge in [-0.25, -0.2) is 0 Å². The van der Waals surface area contributed by atoms with E-state index in [4.69, 9.17) is 14.2 Å². The van der Waals surface area contributed by atoms with E-state index >= 15 is 0 Å². The summed E-state index contributed by atoms with van der Waals surface area (Å²) in [6.07, 6.45) is -0.236. The Kier molecular flexibility index (Phi) is 4.46. The molecule has 4 atom stereocenters. The van der Waals surface area contributed by atoms with Gasteiger partial charge in [0.05, 0.1) is 18.3 Å². The summed E-state index contributed by atoms with van der Waals surface area (Å²) in [5.41, 5.74) is -0.569. The second kappa shape index (κ2) is 4.82. The average Bonchev–Trinajstić information content (AvgIpc) is 2.59. The summed E-state index contributed by atoms with van der Waals surface area (Å²) in [6, 6.07) is 0. The van der Waals surface area contributed by atoms with E-state index in [2.05, 4.69) is 0 Å². The molecule has 2 heterocycles. The van der Waals surface area contributed by atoms with E-state index in [9.17, 15) is 5.11 Å². The van der Waals surface area contributed by atoms with Crippen molar-refractivity contribution < 1.29 is 50.4 Å². The van der Waals surface area contributed by atoms with Gasteiger partial charge in [-0.2, -0.15) is 6.61 Å². The fourth-order valence-corrected chi connectivity index (χ4v) is 2.15. The van der Waals surface area contributed by atoms with E-state index in [-0.39, 0.29) is 43.3 Å². The Morgan fingerprint density at radius 2 is 2.29 bits per heavy atom. The van der Waals surface area contributed by atoms with Gasteiger partial charge in [0.25, 0.3) is 0 Å². The van der Waals surface area contributed by atoms with Crippen LogP contribution in [0.15, 0.2) is 0 Å². The van der Waals surface area contributed by atoms with E-state index in [1.807, 2.05) is 6.92 Å². The molecule has 0 saturated carbocycles. The SMILES string of the molecule is CC[C@]12O[CH-][C@H](O[C@@H]1COC)[C@@H]2O.[U]. The van der Waals surface area contributed by atoms with Crippen LogP contribution in [0.5, 0.6) is 0 Å². The van der Waals surface area contributed by atoms with Crippen LogP contribution in [0.25, 0.3) is 0 Å². The maximum absolute atomic E-state index is 9.84. The molecule has 1 N–H and O–H groups in total. The Bertz CT molecular complexity index is 201. The second-order valence-corrected chi connectivity index (χ2v) is 3.55. The molecule has 14 heavy (non-hydrogen) atoms. The minimum Gasteiger partial charge on any atom is -0.541 e. The zero-order valence-electron chi connectivity index (χ0n) is 8.40. The number of methoxy groups -OCH3 is 1. The maximum Gasteiger partial charge on any atom is 0.106 e. The van der Waals surface area contributed by atoms with Gasteiger partial charge in [0, 0.05) is 38.2 Å². The molecule has 2 rings (SSSR count). The molecule has 0 aliphatic carbocycles. The van der Waals surface area contributed by atoms with Crippen LogP contribution in [0.4, 0.5) is 0 Å². The molecule has 2 bridgehead atoms. The zero-order chi connectivity index (χ0) is 9.47. The van der Waals surface area contributed by atoms with E-state index in [1.54, 1.807) is 13.7 Å². The molecule has 2 saturated heterocycles. The van der Waals surface area contributed by atoms with Crippen molar-refractivity contribution >= 4 is 0 Å². The predicted octanol–water partition coefficient (Wildman–Crippen LogP) is 0.102. The number of hydrogen-bond donors (Lipinski definition) is 1. The van der Waals surface area contributed by atoms with Crippen LogP contribution in [-0.2, 0) is 14.2 Å². The molecule has 4 nitrogen and oxygen atoms in total. The second-order valence-electron chi connectivity index (χ2n) is 3.55. The maximum atomic E-state index is 9.84. The monoisotopic (exact) mass is 425 g/mol. The van der Waals surface area contributed by atoms with Gasteiger partial charge < -0.3 is 19.3 Å². The Morgan fingerprint density at radius 1 is 1.57 bits per heavy atom. The number of aliphatic hydroxyl groups is 1. The summed E-state index contributed by atoms with van der Waals surface area (Å²) in [5.74, 6) is 0. The van der Waals surface area contributed by atoms with Crippen molar-refractivity contribution in [2.45, 2.75) is 37.3 Å². The summed E-state index contributed by atoms with van der Waals surface area (Å²) in [6.45, 7) is 4.03. The number of rotatable bonds is 3. The van der Waals surface area contributed by atoms with Crippen LogP contribution in [0, 0.1) is 37.7 Å². The van der Waals surface area contributed by atoms with Crippen molar-refractivity contribution in [1.29, 1.82) is 0 Å². The Balaban J connectivity index is 0.000000980. The van der Waals surface area contributed by atoms with E-state index < -0.39 is 11.7 Å². The Morgan fingerprint density at radius 3 is 2.79 bits per heavy atom. The summed E-state index contributed by atoms with van der Waals surface area (Å²) in [5, 5.41) is 9.84. The zero-order valence-corrected chi connectivity index (χ0v) is 12.6. The molecule has 0 aromatic rings. The summed E-state index contributed by atoms with van der Waals surface area (Å²) >= 11 is 0. The van der Waals surface area contributed by atoms with E-state index in [0.29, 0.717) is 6.61 Å². The van der Waals surface area contributed by atoms with E-state index in [1.165, 1.54) is 0 Å². The Labute approximate surface area is 108 Å². The first-order valence-corrected chi connectivity index (χ1v) is 4.58. The van der Waals surface area contributed by atoms with Crippen LogP contribution >= 0.6 is 0 Å². The van der Waals surface area contributed by atoms with Crippen LogP contribution in [0.1, 0.15) is 13.3 Å². The largest absolute Gasteiger partial charge is 0.541 e. The van der Waals surface area contributed by atoms with Crippen molar-refractivity contribution in [3.63, 3.8) is 0 Å². The smallest absolute Gasteiger partial charge is 0.106 e. The first-order valence-electron chi connectivity index (χ1n) is 4.58. The van der Waals surface area contributed by atoms with Gasteiger partial charge in [0.1, 0.15) is 6.10 Å². The topological polar surface area (TPSA) is 47.9 Å². The molecule has 0 aromatic carbocycles. The molecule has 0 radical (unpaired) electrons. The van der Waals surface area contributed by atoms with Gasteiger partial charge in [0.15, 0.2) is 0 Å². The molecule has 0 amide bonds. The molecule has 80 valence electrons. The third-order valence-electron chi connectivity index (χ3n) is 2.97. The minimum atomic E-state index is -0.569. The molecule has 0 spiro atoms. The van der Waals surface area contributed by atoms with Gasteiger partial charge in [0.2, 0.25) is 0 Å². The van der Waals surface area contributed by atoms with Crippen molar-refractivity contribution in [1.82, 2.24) is 0 Å². The van der Waals surface area contributed by atoms with Gasteiger partial charge in [-0.1, -0.05) is 6.92 Å². The van der Waals surface area contributed by atoms with Gasteiger partial charge in [-0.05, 0) is 12.5 Å². The normalized spacial score (nSPS) is 45.2. The van der Waals surface area contributed by atoms with Crippen LogP contribution in [0.3, 0.4) is 0 Å². The number of hydrogen-bond acceptors (Lipinski definition) is 4. The third kappa shape index (κ3) is 1.69. The van der Waals surface area contributed by atoms with Crippen molar-refractivity contribution in [2.24, 2.45) is 0 Å². The number of fused-ring (bicyclic) bond motifs is 2. The number of ether oxygens (including phenoxy) is 3. The van der Waals surface area contributed by atoms with Gasteiger partial charge in [-0.15, -0.1) is 0 Å². The van der Waals surface area contributed by atoms with E-state index in [0.717, 1.165) is 6.42 Å². The average molecular weight is 425 g/mol. The summed E-state index contributed by atoms with van der Waals surface area (Å²) in [4.78, 5) is 0. The van der Waals surface area contributed by atoms with Crippen molar-refractivity contribution in [2.75, 3.05) is 13.7 Å². The van der Waals surface area contributed by atoms with Gasteiger partial charge >= 0.3 is 0 Å². The van der Waals surface area contributed by atoms with Crippen LogP contribution < -0.4 is 0 Å². The molecular weight excluding hydrogens is 410 g/mol. The summed E-state index contributed by atoms with van der Waals surface area (Å²) in [7, 11) is 1.62. The summed E-state index contributed by atoms with van der Waals surface area (Å²) < 4.78 is 16.1. The molecule has 0 aromatic heterocycles. The standard InChI is InChI=1S/C9H15O4.U/c1-3-9-7(5-11-2)13-6(4-12-9)8(9)10;/h4,6-8,10H,3,5H2,1-2H3;/q-1;/t6-,7+,8-,9-;/m0./s1. The van der Waals surface area contributed by atoms with Crippen LogP contribution in [-0.4, -0.2) is 42.7 Å². The fourth-order valence-electron chi connectivity index (χ4n) is 2.15. The molecule has 0 unspecified atom stereocenters. The molecule has 2 aliphatic rings.